The summed E-state index contributed by atoms with van der Waals surface area (Å²) in [5.74, 6) is 1.30. The fraction of sp³-hybridized carbons (Fsp3) is 0.346. The predicted molar refractivity (Wildman–Crippen MR) is 126 cm³/mol. The molecule has 32 heavy (non-hydrogen) atoms. The van der Waals surface area contributed by atoms with Gasteiger partial charge in [0.1, 0.15) is 11.5 Å². The lowest BCUT2D eigenvalue weighted by molar-refractivity contribution is 0.0162. The van der Waals surface area contributed by atoms with Crippen molar-refractivity contribution in [3.05, 3.63) is 71.8 Å². The van der Waals surface area contributed by atoms with Crippen molar-refractivity contribution in [1.82, 2.24) is 10.2 Å². The van der Waals surface area contributed by atoms with E-state index in [2.05, 4.69) is 22.3 Å². The molecule has 1 heterocycles. The van der Waals surface area contributed by atoms with E-state index >= 15 is 0 Å². The predicted octanol–water partition coefficient (Wildman–Crippen LogP) is 4.05. The van der Waals surface area contributed by atoms with E-state index in [4.69, 9.17) is 14.2 Å². The standard InChI is InChI=1S/C26H30N2O4/c1-3-32-24-13-10-19-6-4-5-7-22(19)25(24)26(29)27-18-23(28-14-16-31-17-15-28)20-8-11-21(30-2)12-9-20/h4-13,23H,3,14-18H2,1-2H3,(H,27,29)/t23-/m1/s1. The Hall–Kier alpha value is -3.09. The van der Waals surface area contributed by atoms with Gasteiger partial charge in [-0.1, -0.05) is 42.5 Å². The Morgan fingerprint density at radius 2 is 1.81 bits per heavy atom. The van der Waals surface area contributed by atoms with Crippen LogP contribution < -0.4 is 14.8 Å². The number of rotatable bonds is 8. The van der Waals surface area contributed by atoms with Crippen molar-refractivity contribution < 1.29 is 19.0 Å². The lowest BCUT2D eigenvalue weighted by atomic mass is 10.0. The van der Waals surface area contributed by atoms with Crippen molar-refractivity contribution >= 4 is 16.7 Å². The second-order valence-electron chi connectivity index (χ2n) is 7.74. The Labute approximate surface area is 189 Å². The number of carbonyl (C=O) groups excluding carboxylic acids is 1. The molecule has 1 fully saturated rings. The Morgan fingerprint density at radius 3 is 2.53 bits per heavy atom. The molecular weight excluding hydrogens is 404 g/mol. The number of ether oxygens (including phenoxy) is 3. The molecule has 0 aromatic heterocycles. The Bertz CT molecular complexity index is 1050. The average molecular weight is 435 g/mol. The fourth-order valence-electron chi connectivity index (χ4n) is 4.21. The van der Waals surface area contributed by atoms with Crippen LogP contribution in [0.1, 0.15) is 28.9 Å². The maximum atomic E-state index is 13.4. The molecule has 1 aliphatic rings. The molecule has 0 aliphatic carbocycles. The molecule has 6 nitrogen and oxygen atoms in total. The molecule has 1 atom stereocenters. The summed E-state index contributed by atoms with van der Waals surface area (Å²) in [5.41, 5.74) is 1.72. The van der Waals surface area contributed by atoms with Gasteiger partial charge in [0.25, 0.3) is 5.91 Å². The van der Waals surface area contributed by atoms with Crippen molar-refractivity contribution in [1.29, 1.82) is 0 Å². The molecule has 1 amide bonds. The van der Waals surface area contributed by atoms with Gasteiger partial charge < -0.3 is 19.5 Å². The van der Waals surface area contributed by atoms with Gasteiger partial charge in [0.2, 0.25) is 0 Å². The highest BCUT2D eigenvalue weighted by atomic mass is 16.5. The number of carbonyl (C=O) groups is 1. The lowest BCUT2D eigenvalue weighted by Crippen LogP contribution is -2.43. The molecule has 1 saturated heterocycles. The second-order valence-corrected chi connectivity index (χ2v) is 7.74. The van der Waals surface area contributed by atoms with Gasteiger partial charge in [0.15, 0.2) is 0 Å². The number of methoxy groups -OCH3 is 1. The van der Waals surface area contributed by atoms with Crippen LogP contribution in [0.3, 0.4) is 0 Å². The summed E-state index contributed by atoms with van der Waals surface area (Å²) in [6, 6.07) is 19.9. The van der Waals surface area contributed by atoms with Gasteiger partial charge in [0.05, 0.1) is 38.5 Å². The summed E-state index contributed by atoms with van der Waals surface area (Å²) >= 11 is 0. The van der Waals surface area contributed by atoms with Crippen molar-refractivity contribution in [2.45, 2.75) is 13.0 Å². The average Bonchev–Trinajstić information content (AvgIpc) is 2.85. The third-order valence-electron chi connectivity index (χ3n) is 5.86. The molecule has 0 radical (unpaired) electrons. The first-order valence-corrected chi connectivity index (χ1v) is 11.1. The zero-order chi connectivity index (χ0) is 22.3. The third-order valence-corrected chi connectivity index (χ3v) is 5.86. The lowest BCUT2D eigenvalue weighted by Gasteiger charge is -2.35. The van der Waals surface area contributed by atoms with Crippen molar-refractivity contribution in [2.75, 3.05) is 46.6 Å². The first-order valence-electron chi connectivity index (χ1n) is 11.1. The van der Waals surface area contributed by atoms with Gasteiger partial charge in [-0.05, 0) is 41.5 Å². The maximum absolute atomic E-state index is 13.4. The first kappa shape index (κ1) is 22.1. The second kappa shape index (κ2) is 10.5. The zero-order valence-electron chi connectivity index (χ0n) is 18.7. The maximum Gasteiger partial charge on any atom is 0.255 e. The van der Waals surface area contributed by atoms with Crippen molar-refractivity contribution in [3.8, 4) is 11.5 Å². The van der Waals surface area contributed by atoms with E-state index in [1.165, 1.54) is 0 Å². The number of fused-ring (bicyclic) bond motifs is 1. The topological polar surface area (TPSA) is 60.0 Å². The normalized spacial score (nSPS) is 15.3. The van der Waals surface area contributed by atoms with Crippen molar-refractivity contribution in [3.63, 3.8) is 0 Å². The number of morpholine rings is 1. The molecular formula is C26H30N2O4. The van der Waals surface area contributed by atoms with Crippen LogP contribution in [0.4, 0.5) is 0 Å². The molecule has 0 saturated carbocycles. The van der Waals surface area contributed by atoms with Gasteiger partial charge in [-0.2, -0.15) is 0 Å². The molecule has 0 bridgehead atoms. The van der Waals surface area contributed by atoms with Crippen LogP contribution in [0.5, 0.6) is 11.5 Å². The monoisotopic (exact) mass is 434 g/mol. The highest BCUT2D eigenvalue weighted by molar-refractivity contribution is 6.09. The summed E-state index contributed by atoms with van der Waals surface area (Å²) in [6.45, 7) is 5.95. The van der Waals surface area contributed by atoms with Gasteiger partial charge in [-0.3, -0.25) is 9.69 Å². The minimum absolute atomic E-state index is 0.0410. The molecule has 1 aliphatic heterocycles. The Morgan fingerprint density at radius 1 is 1.06 bits per heavy atom. The summed E-state index contributed by atoms with van der Waals surface area (Å²) < 4.78 is 16.7. The van der Waals surface area contributed by atoms with Crippen LogP contribution in [0.25, 0.3) is 10.8 Å². The molecule has 168 valence electrons. The summed E-state index contributed by atoms with van der Waals surface area (Å²) in [4.78, 5) is 15.8. The SMILES string of the molecule is CCOc1ccc2ccccc2c1C(=O)NC[C@H](c1ccc(OC)cc1)N1CCOCC1. The molecule has 6 heteroatoms. The van der Waals surface area contributed by atoms with Crippen LogP contribution >= 0.6 is 0 Å². The molecule has 0 spiro atoms. The van der Waals surface area contributed by atoms with E-state index < -0.39 is 0 Å². The Kier molecular flexibility index (Phi) is 7.24. The van der Waals surface area contributed by atoms with E-state index in [-0.39, 0.29) is 11.9 Å². The van der Waals surface area contributed by atoms with Crippen molar-refractivity contribution in [2.24, 2.45) is 0 Å². The number of nitrogens with one attached hydrogen (secondary N) is 1. The summed E-state index contributed by atoms with van der Waals surface area (Å²) in [7, 11) is 1.66. The molecule has 3 aromatic rings. The van der Waals surface area contributed by atoms with E-state index in [9.17, 15) is 4.79 Å². The highest BCUT2D eigenvalue weighted by Gasteiger charge is 2.25. The Balaban J connectivity index is 1.60. The van der Waals surface area contributed by atoms with E-state index in [1.807, 2.05) is 55.5 Å². The van der Waals surface area contributed by atoms with E-state index in [0.29, 0.717) is 37.7 Å². The first-order chi connectivity index (χ1) is 15.7. The van der Waals surface area contributed by atoms with Gasteiger partial charge in [-0.25, -0.2) is 0 Å². The van der Waals surface area contributed by atoms with E-state index in [0.717, 1.165) is 35.2 Å². The van der Waals surface area contributed by atoms with Crippen LogP contribution in [-0.2, 0) is 4.74 Å². The van der Waals surface area contributed by atoms with Gasteiger partial charge in [-0.15, -0.1) is 0 Å². The largest absolute Gasteiger partial charge is 0.497 e. The minimum atomic E-state index is -0.128. The minimum Gasteiger partial charge on any atom is -0.497 e. The molecule has 0 unspecified atom stereocenters. The molecule has 4 rings (SSSR count). The number of hydrogen-bond donors (Lipinski definition) is 1. The van der Waals surface area contributed by atoms with Crippen LogP contribution in [-0.4, -0.2) is 57.4 Å². The highest BCUT2D eigenvalue weighted by Crippen LogP contribution is 2.29. The fourth-order valence-corrected chi connectivity index (χ4v) is 4.21. The summed E-state index contributed by atoms with van der Waals surface area (Å²) in [6.07, 6.45) is 0. The smallest absolute Gasteiger partial charge is 0.255 e. The van der Waals surface area contributed by atoms with Crippen LogP contribution in [0.2, 0.25) is 0 Å². The van der Waals surface area contributed by atoms with Crippen LogP contribution in [0, 0.1) is 0 Å². The van der Waals surface area contributed by atoms with Gasteiger partial charge in [0, 0.05) is 19.6 Å². The quantitative estimate of drug-likeness (QED) is 0.580. The number of hydrogen-bond acceptors (Lipinski definition) is 5. The van der Waals surface area contributed by atoms with E-state index in [1.54, 1.807) is 7.11 Å². The summed E-state index contributed by atoms with van der Waals surface area (Å²) in [5, 5.41) is 5.09. The number of amides is 1. The molecule has 3 aromatic carbocycles. The number of nitrogens with zero attached hydrogens (tertiary/aromatic N) is 1. The van der Waals surface area contributed by atoms with Gasteiger partial charge >= 0.3 is 0 Å². The zero-order valence-corrected chi connectivity index (χ0v) is 18.7. The van der Waals surface area contributed by atoms with Crippen LogP contribution in [0.15, 0.2) is 60.7 Å². The number of benzene rings is 3. The molecule has 1 N–H and O–H groups in total. The third kappa shape index (κ3) is 4.87.